The van der Waals surface area contributed by atoms with Crippen molar-refractivity contribution in [3.63, 3.8) is 0 Å². The molecule has 0 aromatic rings. The second-order valence-corrected chi connectivity index (χ2v) is 13.7. The minimum Gasteiger partial charge on any atom is -0.458 e. The van der Waals surface area contributed by atoms with Crippen molar-refractivity contribution >= 4 is 17.6 Å². The van der Waals surface area contributed by atoms with Crippen molar-refractivity contribution in [2.45, 2.75) is 126 Å². The average molecular weight is 653 g/mol. The summed E-state index contributed by atoms with van der Waals surface area (Å²) in [6.45, 7) is 8.98. The molecule has 1 saturated carbocycles. The first-order chi connectivity index (χ1) is 21.2. The number of cyclic esters (lactones) is 1. The van der Waals surface area contributed by atoms with Gasteiger partial charge in [-0.15, -0.1) is 11.6 Å². The minimum atomic E-state index is -1.92. The third-order valence-electron chi connectivity index (χ3n) is 9.34. The van der Waals surface area contributed by atoms with Crippen LogP contribution in [0.1, 0.15) is 60.3 Å². The van der Waals surface area contributed by atoms with Gasteiger partial charge in [-0.05, 0) is 39.3 Å². The molecule has 3 aliphatic heterocycles. The van der Waals surface area contributed by atoms with Gasteiger partial charge in [0.2, 0.25) is 0 Å². The normalized spacial score (nSPS) is 47.2. The zero-order chi connectivity index (χ0) is 33.1. The lowest BCUT2D eigenvalue weighted by Gasteiger charge is -2.51. The Morgan fingerprint density at radius 2 is 1.84 bits per heavy atom. The third-order valence-corrected chi connectivity index (χ3v) is 9.82. The number of methoxy groups -OCH3 is 2. The zero-order valence-corrected chi connectivity index (χ0v) is 28.0. The molecule has 0 amide bonds. The fourth-order valence-corrected chi connectivity index (χ4v) is 6.78. The summed E-state index contributed by atoms with van der Waals surface area (Å²) in [6.07, 6.45) is 3.64. The van der Waals surface area contributed by atoms with Crippen LogP contribution in [-0.2, 0) is 33.2 Å². The van der Waals surface area contributed by atoms with Crippen LogP contribution in [0.3, 0.4) is 0 Å². The third kappa shape index (κ3) is 8.78. The van der Waals surface area contributed by atoms with E-state index >= 15 is 0 Å². The van der Waals surface area contributed by atoms with E-state index in [0.717, 1.165) is 12.0 Å². The van der Waals surface area contributed by atoms with Crippen molar-refractivity contribution in [1.29, 1.82) is 0 Å². The molecule has 2 bridgehead atoms. The standard InChI is InChI=1S/C34H49ClO10/c1-19-14-24(13-11-9-8-10-12-23-16-25(23)35)43-28(36)18-34(39)17-27(21(3)29(45-34)20(2)26(15-19)40-6)44-32-31(41-7)33(5,38)30(37)22(4)42-32/h8-9,11,13,15,20-27,29-32,37-39H,14,16-18H2,1-7H3/b9-8+,13-11+,19-15+/t20-,21-,22-,23-,24+,25-,26-,27+,29+,30+,31+,32-,33-,34+/m1/s1. The summed E-state index contributed by atoms with van der Waals surface area (Å²) in [4.78, 5) is 13.3. The fraction of sp³-hybridized carbons (Fsp3) is 0.735. The minimum absolute atomic E-state index is 0.0690. The van der Waals surface area contributed by atoms with Crippen LogP contribution >= 0.6 is 11.6 Å². The second kappa shape index (κ2) is 15.0. The highest BCUT2D eigenvalue weighted by Gasteiger charge is 2.55. The largest absolute Gasteiger partial charge is 0.458 e. The summed E-state index contributed by atoms with van der Waals surface area (Å²) >= 11 is 5.99. The maximum absolute atomic E-state index is 13.3. The molecule has 11 heteroatoms. The van der Waals surface area contributed by atoms with Crippen molar-refractivity contribution in [2.75, 3.05) is 14.2 Å². The molecule has 4 rings (SSSR count). The molecule has 45 heavy (non-hydrogen) atoms. The van der Waals surface area contributed by atoms with Gasteiger partial charge in [0.25, 0.3) is 0 Å². The number of alkyl halides is 1. The number of carbonyl (C=O) groups excluding carboxylic acids is 1. The first-order valence-electron chi connectivity index (χ1n) is 15.7. The number of aliphatic hydroxyl groups excluding tert-OH is 1. The Morgan fingerprint density at radius 1 is 1.13 bits per heavy atom. The maximum Gasteiger partial charge on any atom is 0.311 e. The van der Waals surface area contributed by atoms with E-state index in [1.54, 1.807) is 38.3 Å². The quantitative estimate of drug-likeness (QED) is 0.129. The molecule has 0 aromatic carbocycles. The number of rotatable bonds is 6. The molecule has 3 heterocycles. The van der Waals surface area contributed by atoms with Crippen molar-refractivity contribution in [2.24, 2.45) is 17.8 Å². The van der Waals surface area contributed by atoms with Crippen LogP contribution in [0, 0.1) is 29.6 Å². The van der Waals surface area contributed by atoms with E-state index < -0.39 is 66.7 Å². The molecule has 3 N–H and O–H groups in total. The monoisotopic (exact) mass is 652 g/mol. The van der Waals surface area contributed by atoms with E-state index in [0.29, 0.717) is 6.42 Å². The smallest absolute Gasteiger partial charge is 0.311 e. The highest BCUT2D eigenvalue weighted by atomic mass is 35.5. The Hall–Kier alpha value is -1.78. The number of esters is 1. The van der Waals surface area contributed by atoms with Crippen molar-refractivity contribution in [3.05, 3.63) is 36.0 Å². The van der Waals surface area contributed by atoms with E-state index in [-0.39, 0.29) is 35.7 Å². The number of ether oxygens (including phenoxy) is 6. The average Bonchev–Trinajstić information content (AvgIpc) is 3.67. The van der Waals surface area contributed by atoms with Crippen LogP contribution in [0.15, 0.2) is 36.0 Å². The van der Waals surface area contributed by atoms with Gasteiger partial charge < -0.3 is 43.7 Å². The van der Waals surface area contributed by atoms with Crippen LogP contribution in [0.4, 0.5) is 0 Å². The Kier molecular flexibility index (Phi) is 12.0. The van der Waals surface area contributed by atoms with Crippen LogP contribution in [0.2, 0.25) is 0 Å². The number of allylic oxidation sites excluding steroid dienone is 3. The maximum atomic E-state index is 13.3. The number of halogens is 1. The van der Waals surface area contributed by atoms with Gasteiger partial charge in [-0.1, -0.05) is 49.5 Å². The lowest BCUT2D eigenvalue weighted by atomic mass is 9.79. The molecule has 14 atom stereocenters. The molecule has 10 nitrogen and oxygen atoms in total. The first-order valence-corrected chi connectivity index (χ1v) is 16.1. The predicted molar refractivity (Wildman–Crippen MR) is 167 cm³/mol. The van der Waals surface area contributed by atoms with Gasteiger partial charge in [0.15, 0.2) is 12.1 Å². The number of aliphatic hydroxyl groups is 3. The van der Waals surface area contributed by atoms with Crippen LogP contribution < -0.4 is 0 Å². The molecule has 0 aromatic heterocycles. The van der Waals surface area contributed by atoms with Gasteiger partial charge in [0.1, 0.15) is 23.9 Å². The fourth-order valence-electron chi connectivity index (χ4n) is 6.53. The van der Waals surface area contributed by atoms with E-state index in [9.17, 15) is 20.1 Å². The van der Waals surface area contributed by atoms with Gasteiger partial charge in [0, 0.05) is 50.2 Å². The molecule has 4 aliphatic rings. The summed E-state index contributed by atoms with van der Waals surface area (Å²) in [5.41, 5.74) is -0.699. The SMILES string of the molecule is CO[C@@H]1/C=C(\C)C[C@H](/C=C/C=C/C#C[C@@H]2C[C@H]2Cl)OC(=O)C[C@]2(O)C[C@H](O[C@H]3O[C@H](C)[C@H](O)[C@@](C)(O)[C@H]3OC)[C@@H](C)[C@@H](O2)[C@@H]1C. The van der Waals surface area contributed by atoms with E-state index in [2.05, 4.69) is 11.8 Å². The Bertz CT molecular complexity index is 1190. The van der Waals surface area contributed by atoms with Gasteiger partial charge in [-0.25, -0.2) is 0 Å². The summed E-state index contributed by atoms with van der Waals surface area (Å²) in [5, 5.41) is 33.6. The molecule has 2 saturated heterocycles. The molecular formula is C34H49ClO10. The van der Waals surface area contributed by atoms with Gasteiger partial charge >= 0.3 is 5.97 Å². The van der Waals surface area contributed by atoms with Crippen LogP contribution in [-0.4, -0.2) is 101 Å². The summed E-state index contributed by atoms with van der Waals surface area (Å²) in [5.74, 6) is 3.23. The lowest BCUT2D eigenvalue weighted by Crippen LogP contribution is -2.66. The second-order valence-electron chi connectivity index (χ2n) is 13.2. The lowest BCUT2D eigenvalue weighted by molar-refractivity contribution is -0.362. The highest BCUT2D eigenvalue weighted by Crippen LogP contribution is 2.42. The summed E-state index contributed by atoms with van der Waals surface area (Å²) in [6, 6.07) is 0. The number of hydrogen-bond acceptors (Lipinski definition) is 10. The molecule has 0 unspecified atom stereocenters. The zero-order valence-electron chi connectivity index (χ0n) is 27.2. The predicted octanol–water partition coefficient (Wildman–Crippen LogP) is 3.40. The molecule has 1 aliphatic carbocycles. The highest BCUT2D eigenvalue weighted by molar-refractivity contribution is 6.22. The number of fused-ring (bicyclic) bond motifs is 2. The van der Waals surface area contributed by atoms with Gasteiger partial charge in [0.05, 0.1) is 30.8 Å². The van der Waals surface area contributed by atoms with E-state index in [1.165, 1.54) is 14.0 Å². The Morgan fingerprint density at radius 3 is 2.49 bits per heavy atom. The Balaban J connectivity index is 1.58. The topological polar surface area (TPSA) is 133 Å². The van der Waals surface area contributed by atoms with Crippen molar-refractivity contribution in [3.8, 4) is 11.8 Å². The molecular weight excluding hydrogens is 604 g/mol. The number of carbonyl (C=O) groups is 1. The molecule has 0 radical (unpaired) electrons. The van der Waals surface area contributed by atoms with Crippen molar-refractivity contribution < 1.29 is 48.5 Å². The first kappa shape index (κ1) is 36.1. The molecule has 252 valence electrons. The van der Waals surface area contributed by atoms with Crippen LogP contribution in [0.5, 0.6) is 0 Å². The van der Waals surface area contributed by atoms with E-state index in [4.69, 9.17) is 40.0 Å². The van der Waals surface area contributed by atoms with Gasteiger partial charge in [-0.2, -0.15) is 0 Å². The number of hydrogen-bond donors (Lipinski definition) is 3. The molecule has 0 spiro atoms. The van der Waals surface area contributed by atoms with Gasteiger partial charge in [-0.3, -0.25) is 4.79 Å². The van der Waals surface area contributed by atoms with Crippen LogP contribution in [0.25, 0.3) is 0 Å². The van der Waals surface area contributed by atoms with Crippen molar-refractivity contribution in [1.82, 2.24) is 0 Å². The summed E-state index contributed by atoms with van der Waals surface area (Å²) < 4.78 is 35.9. The summed E-state index contributed by atoms with van der Waals surface area (Å²) in [7, 11) is 3.02. The molecule has 3 fully saturated rings. The van der Waals surface area contributed by atoms with E-state index in [1.807, 2.05) is 26.8 Å². The Labute approximate surface area is 271 Å².